The molecule has 182 valence electrons. The summed E-state index contributed by atoms with van der Waals surface area (Å²) in [5, 5.41) is 40.6. The van der Waals surface area contributed by atoms with E-state index in [1.54, 1.807) is 12.1 Å². The largest absolute Gasteiger partial charge is 0.506 e. The standard InChI is InChI=1S/C28H33ClO5/c29-22-8-7-19(27-26(33)25(32)24(31)23(16-30)34-27)14-21(22)13-17-3-5-18(6-4-17)20-9-12-28(15-20)10-1-2-11-28/h3-8,14,20,23-25,30-33H,1-2,9-13,15-16H2/t20?,23-,24-,25+/m1/s1. The smallest absolute Gasteiger partial charge is 0.167 e. The minimum atomic E-state index is -1.52. The summed E-state index contributed by atoms with van der Waals surface area (Å²) < 4.78 is 5.60. The van der Waals surface area contributed by atoms with Gasteiger partial charge in [-0.2, -0.15) is 0 Å². The second-order valence-corrected chi connectivity index (χ2v) is 10.8. The monoisotopic (exact) mass is 484 g/mol. The molecule has 4 N–H and O–H groups in total. The van der Waals surface area contributed by atoms with Gasteiger partial charge in [0.1, 0.15) is 12.2 Å². The van der Waals surface area contributed by atoms with E-state index in [0.717, 1.165) is 11.1 Å². The first-order valence-corrected chi connectivity index (χ1v) is 12.7. The topological polar surface area (TPSA) is 90.2 Å². The molecular weight excluding hydrogens is 452 g/mol. The summed E-state index contributed by atoms with van der Waals surface area (Å²) in [5.41, 5.74) is 4.58. The van der Waals surface area contributed by atoms with Crippen LogP contribution in [0.4, 0.5) is 0 Å². The van der Waals surface area contributed by atoms with Crippen LogP contribution in [0.5, 0.6) is 0 Å². The van der Waals surface area contributed by atoms with Crippen LogP contribution in [0.1, 0.15) is 73.1 Å². The maximum Gasteiger partial charge on any atom is 0.167 e. The lowest BCUT2D eigenvalue weighted by Gasteiger charge is -2.33. The number of hydrogen-bond donors (Lipinski definition) is 4. The Morgan fingerprint density at radius 3 is 2.44 bits per heavy atom. The number of aliphatic hydroxyl groups excluding tert-OH is 4. The lowest BCUT2D eigenvalue weighted by Crippen LogP contribution is -2.45. The molecule has 3 aliphatic rings. The molecule has 1 unspecified atom stereocenters. The van der Waals surface area contributed by atoms with Crippen LogP contribution in [-0.4, -0.2) is 45.3 Å². The molecule has 2 aromatic carbocycles. The van der Waals surface area contributed by atoms with Gasteiger partial charge in [0.05, 0.1) is 6.61 Å². The van der Waals surface area contributed by atoms with Gasteiger partial charge in [0.15, 0.2) is 17.6 Å². The zero-order valence-electron chi connectivity index (χ0n) is 19.3. The van der Waals surface area contributed by atoms with Crippen molar-refractivity contribution in [3.05, 3.63) is 75.5 Å². The van der Waals surface area contributed by atoms with E-state index in [9.17, 15) is 20.4 Å². The molecule has 2 aliphatic carbocycles. The second kappa shape index (κ2) is 9.54. The van der Waals surface area contributed by atoms with Crippen molar-refractivity contribution in [2.45, 2.75) is 75.6 Å². The Bertz CT molecular complexity index is 1060. The molecule has 1 heterocycles. The molecule has 0 radical (unpaired) electrons. The molecule has 1 spiro atoms. The summed E-state index contributed by atoms with van der Waals surface area (Å²) in [6.07, 6.45) is 6.26. The van der Waals surface area contributed by atoms with Gasteiger partial charge < -0.3 is 25.2 Å². The van der Waals surface area contributed by atoms with Gasteiger partial charge in [-0.1, -0.05) is 48.7 Å². The van der Waals surface area contributed by atoms with E-state index in [2.05, 4.69) is 24.3 Å². The van der Waals surface area contributed by atoms with Crippen molar-refractivity contribution in [1.29, 1.82) is 0 Å². The first kappa shape index (κ1) is 23.7. The summed E-state index contributed by atoms with van der Waals surface area (Å²) >= 11 is 6.48. The maximum absolute atomic E-state index is 10.4. The molecule has 0 saturated heterocycles. The molecule has 2 fully saturated rings. The average molecular weight is 485 g/mol. The Kier molecular flexibility index (Phi) is 6.64. The molecule has 0 amide bonds. The van der Waals surface area contributed by atoms with Crippen LogP contribution in [-0.2, 0) is 11.2 Å². The maximum atomic E-state index is 10.4. The molecular formula is C28H33ClO5. The van der Waals surface area contributed by atoms with Crippen molar-refractivity contribution < 1.29 is 25.2 Å². The molecule has 2 aromatic rings. The zero-order chi connectivity index (χ0) is 23.9. The Morgan fingerprint density at radius 1 is 1.00 bits per heavy atom. The highest BCUT2D eigenvalue weighted by molar-refractivity contribution is 6.31. The van der Waals surface area contributed by atoms with Crippen molar-refractivity contribution in [2.24, 2.45) is 5.41 Å². The van der Waals surface area contributed by atoms with Crippen LogP contribution >= 0.6 is 11.6 Å². The molecule has 5 nitrogen and oxygen atoms in total. The molecule has 4 atom stereocenters. The third-order valence-electron chi connectivity index (χ3n) is 8.19. The molecule has 0 aromatic heterocycles. The predicted molar refractivity (Wildman–Crippen MR) is 132 cm³/mol. The molecule has 0 bridgehead atoms. The Hall–Kier alpha value is -2.05. The summed E-state index contributed by atoms with van der Waals surface area (Å²) in [7, 11) is 0. The number of rotatable bonds is 5. The quantitative estimate of drug-likeness (QED) is 0.474. The fourth-order valence-electron chi connectivity index (χ4n) is 6.19. The fraction of sp³-hybridized carbons (Fsp3) is 0.500. The highest BCUT2D eigenvalue weighted by Gasteiger charge is 2.41. The first-order valence-electron chi connectivity index (χ1n) is 12.3. The first-order chi connectivity index (χ1) is 16.4. The number of aliphatic hydroxyl groups is 4. The number of halogens is 1. The van der Waals surface area contributed by atoms with E-state index in [1.165, 1.54) is 50.5 Å². The van der Waals surface area contributed by atoms with Crippen LogP contribution in [0.3, 0.4) is 0 Å². The van der Waals surface area contributed by atoms with Crippen LogP contribution < -0.4 is 0 Å². The van der Waals surface area contributed by atoms with Crippen LogP contribution in [0.2, 0.25) is 5.02 Å². The predicted octanol–water partition coefficient (Wildman–Crippen LogP) is 5.10. The van der Waals surface area contributed by atoms with E-state index in [0.29, 0.717) is 28.3 Å². The van der Waals surface area contributed by atoms with Crippen molar-refractivity contribution >= 4 is 17.4 Å². The Balaban J connectivity index is 1.33. The fourth-order valence-corrected chi connectivity index (χ4v) is 6.38. The van der Waals surface area contributed by atoms with Crippen molar-refractivity contribution in [3.8, 4) is 0 Å². The minimum absolute atomic E-state index is 0.0483. The molecule has 6 heteroatoms. The van der Waals surface area contributed by atoms with Crippen molar-refractivity contribution in [2.75, 3.05) is 6.61 Å². The number of hydrogen-bond acceptors (Lipinski definition) is 5. The van der Waals surface area contributed by atoms with E-state index in [-0.39, 0.29) is 5.76 Å². The van der Waals surface area contributed by atoms with Crippen molar-refractivity contribution in [1.82, 2.24) is 0 Å². The Labute approximate surface area is 205 Å². The average Bonchev–Trinajstić information content (AvgIpc) is 3.49. The van der Waals surface area contributed by atoms with Crippen molar-refractivity contribution in [3.63, 3.8) is 0 Å². The van der Waals surface area contributed by atoms with Crippen LogP contribution in [0.15, 0.2) is 48.2 Å². The SMILES string of the molecule is OC[C@H]1OC(c2ccc(Cl)c(Cc3ccc(C4CCC5(CCCC5)C4)cc3)c2)=C(O)[C@@H](O)[C@@H]1O. The minimum Gasteiger partial charge on any atom is -0.506 e. The summed E-state index contributed by atoms with van der Waals surface area (Å²) in [6, 6.07) is 14.1. The molecule has 34 heavy (non-hydrogen) atoms. The van der Waals surface area contributed by atoms with E-state index < -0.39 is 30.7 Å². The van der Waals surface area contributed by atoms with Crippen LogP contribution in [0, 0.1) is 5.41 Å². The summed E-state index contributed by atoms with van der Waals surface area (Å²) in [6.45, 7) is -0.482. The second-order valence-electron chi connectivity index (χ2n) is 10.4. The van der Waals surface area contributed by atoms with Gasteiger partial charge in [-0.05, 0) is 84.7 Å². The summed E-state index contributed by atoms with van der Waals surface area (Å²) in [4.78, 5) is 0. The van der Waals surface area contributed by atoms with E-state index in [1.807, 2.05) is 6.07 Å². The van der Waals surface area contributed by atoms with Gasteiger partial charge in [0, 0.05) is 10.6 Å². The van der Waals surface area contributed by atoms with Crippen LogP contribution in [0.25, 0.3) is 5.76 Å². The van der Waals surface area contributed by atoms with Gasteiger partial charge in [0.2, 0.25) is 0 Å². The van der Waals surface area contributed by atoms with E-state index >= 15 is 0 Å². The highest BCUT2D eigenvalue weighted by atomic mass is 35.5. The lowest BCUT2D eigenvalue weighted by atomic mass is 9.82. The van der Waals surface area contributed by atoms with Gasteiger partial charge in [-0.3, -0.25) is 0 Å². The lowest BCUT2D eigenvalue weighted by molar-refractivity contribution is -0.0915. The molecule has 2 saturated carbocycles. The number of benzene rings is 2. The van der Waals surface area contributed by atoms with Gasteiger partial charge in [0.25, 0.3) is 0 Å². The third-order valence-corrected chi connectivity index (χ3v) is 8.56. The van der Waals surface area contributed by atoms with Gasteiger partial charge in [-0.15, -0.1) is 0 Å². The number of ether oxygens (including phenoxy) is 1. The van der Waals surface area contributed by atoms with Gasteiger partial charge >= 0.3 is 0 Å². The molecule has 5 rings (SSSR count). The molecule has 1 aliphatic heterocycles. The van der Waals surface area contributed by atoms with Gasteiger partial charge in [-0.25, -0.2) is 0 Å². The zero-order valence-corrected chi connectivity index (χ0v) is 20.0. The summed E-state index contributed by atoms with van der Waals surface area (Å²) in [5.74, 6) is 0.261. The highest BCUT2D eigenvalue weighted by Crippen LogP contribution is 2.55. The van der Waals surface area contributed by atoms with E-state index in [4.69, 9.17) is 16.3 Å². The Morgan fingerprint density at radius 2 is 1.74 bits per heavy atom. The normalized spacial score (nSPS) is 28.5. The third kappa shape index (κ3) is 4.47.